The number of aryl methyl sites for hydroxylation is 2. The van der Waals surface area contributed by atoms with Gasteiger partial charge in [0.2, 0.25) is 0 Å². The van der Waals surface area contributed by atoms with Crippen molar-refractivity contribution in [3.8, 4) is 0 Å². The maximum Gasteiger partial charge on any atom is 0.253 e. The summed E-state index contributed by atoms with van der Waals surface area (Å²) in [4.78, 5) is 13.9. The van der Waals surface area contributed by atoms with E-state index >= 15 is 0 Å². The van der Waals surface area contributed by atoms with Gasteiger partial charge in [0.15, 0.2) is 0 Å². The number of carbonyl (C=O) groups excluding carboxylic acids is 1. The number of benzene rings is 1. The van der Waals surface area contributed by atoms with Crippen LogP contribution in [-0.4, -0.2) is 38.0 Å². The van der Waals surface area contributed by atoms with Crippen molar-refractivity contribution in [2.45, 2.75) is 20.3 Å². The minimum Gasteiger partial charge on any atom is -0.342 e. The molecule has 1 amide bonds. The smallest absolute Gasteiger partial charge is 0.253 e. The van der Waals surface area contributed by atoms with Crippen LogP contribution >= 0.6 is 0 Å². The van der Waals surface area contributed by atoms with Crippen molar-refractivity contribution >= 4 is 5.91 Å². The van der Waals surface area contributed by atoms with E-state index in [0.717, 1.165) is 36.2 Å². The Kier molecular flexibility index (Phi) is 5.16. The Morgan fingerprint density at radius 1 is 1.24 bits per heavy atom. The van der Waals surface area contributed by atoms with Crippen molar-refractivity contribution in [3.63, 3.8) is 0 Å². The van der Waals surface area contributed by atoms with Gasteiger partial charge in [-0.05, 0) is 46.0 Å². The Hall–Kier alpha value is -1.35. The highest BCUT2D eigenvalue weighted by molar-refractivity contribution is 5.94. The van der Waals surface area contributed by atoms with Gasteiger partial charge in [-0.15, -0.1) is 0 Å². The van der Waals surface area contributed by atoms with Gasteiger partial charge >= 0.3 is 0 Å². The highest BCUT2D eigenvalue weighted by Gasteiger charge is 2.11. The molecule has 0 unspecified atom stereocenters. The summed E-state index contributed by atoms with van der Waals surface area (Å²) in [6.07, 6.45) is 0.976. The molecule has 0 spiro atoms. The van der Waals surface area contributed by atoms with Gasteiger partial charge in [-0.3, -0.25) is 4.79 Å². The lowest BCUT2D eigenvalue weighted by Crippen LogP contribution is -2.29. The molecule has 0 atom stereocenters. The van der Waals surface area contributed by atoms with Crippen LogP contribution in [0.15, 0.2) is 18.2 Å². The van der Waals surface area contributed by atoms with Crippen LogP contribution in [-0.2, 0) is 0 Å². The molecular weight excluding hydrogens is 212 g/mol. The zero-order chi connectivity index (χ0) is 12.8. The molecule has 3 nitrogen and oxygen atoms in total. The van der Waals surface area contributed by atoms with E-state index in [1.54, 1.807) is 4.90 Å². The average Bonchev–Trinajstić information content (AvgIpc) is 2.27. The predicted octanol–water partition coefficient (Wildman–Crippen LogP) is 1.98. The van der Waals surface area contributed by atoms with Gasteiger partial charge < -0.3 is 10.2 Å². The first-order chi connectivity index (χ1) is 8.04. The minimum atomic E-state index is 0.105. The second-order valence-electron chi connectivity index (χ2n) is 4.56. The number of hydrogen-bond acceptors (Lipinski definition) is 2. The van der Waals surface area contributed by atoms with Crippen LogP contribution in [0.4, 0.5) is 0 Å². The molecule has 1 aromatic carbocycles. The fourth-order valence-corrected chi connectivity index (χ4v) is 1.91. The SMILES string of the molecule is CNCCCN(C)C(=O)c1cc(C)cc(C)c1. The van der Waals surface area contributed by atoms with E-state index in [0.29, 0.717) is 0 Å². The Bertz CT molecular complexity index is 368. The van der Waals surface area contributed by atoms with Gasteiger partial charge in [-0.1, -0.05) is 17.2 Å². The third kappa shape index (κ3) is 4.19. The van der Waals surface area contributed by atoms with Crippen molar-refractivity contribution in [1.29, 1.82) is 0 Å². The number of hydrogen-bond donors (Lipinski definition) is 1. The van der Waals surface area contributed by atoms with Crippen molar-refractivity contribution < 1.29 is 4.79 Å². The Labute approximate surface area is 104 Å². The predicted molar refractivity (Wildman–Crippen MR) is 71.4 cm³/mol. The van der Waals surface area contributed by atoms with Gasteiger partial charge in [0.05, 0.1) is 0 Å². The quantitative estimate of drug-likeness (QED) is 0.790. The highest BCUT2D eigenvalue weighted by Crippen LogP contribution is 2.11. The van der Waals surface area contributed by atoms with E-state index in [4.69, 9.17) is 0 Å². The molecule has 17 heavy (non-hydrogen) atoms. The van der Waals surface area contributed by atoms with E-state index in [2.05, 4.69) is 11.4 Å². The van der Waals surface area contributed by atoms with Crippen molar-refractivity contribution in [1.82, 2.24) is 10.2 Å². The summed E-state index contributed by atoms with van der Waals surface area (Å²) in [6.45, 7) is 5.76. The molecular formula is C14H22N2O. The van der Waals surface area contributed by atoms with E-state index in [1.165, 1.54) is 0 Å². The van der Waals surface area contributed by atoms with Gasteiger partial charge in [-0.2, -0.15) is 0 Å². The zero-order valence-electron chi connectivity index (χ0n) is 11.2. The van der Waals surface area contributed by atoms with Crippen LogP contribution in [0.1, 0.15) is 27.9 Å². The standard InChI is InChI=1S/C14H22N2O/c1-11-8-12(2)10-13(9-11)14(17)16(4)7-5-6-15-3/h8-10,15H,5-7H2,1-4H3. The molecule has 3 heteroatoms. The lowest BCUT2D eigenvalue weighted by Gasteiger charge is -2.17. The molecule has 1 rings (SSSR count). The third-order valence-corrected chi connectivity index (χ3v) is 2.74. The van der Waals surface area contributed by atoms with Crippen LogP contribution in [0.25, 0.3) is 0 Å². The summed E-state index contributed by atoms with van der Waals surface area (Å²) < 4.78 is 0. The lowest BCUT2D eigenvalue weighted by molar-refractivity contribution is 0.0793. The summed E-state index contributed by atoms with van der Waals surface area (Å²) in [6, 6.07) is 5.98. The summed E-state index contributed by atoms with van der Waals surface area (Å²) >= 11 is 0. The van der Waals surface area contributed by atoms with Crippen LogP contribution in [0, 0.1) is 13.8 Å². The van der Waals surface area contributed by atoms with Crippen LogP contribution in [0.2, 0.25) is 0 Å². The number of nitrogens with one attached hydrogen (secondary N) is 1. The van der Waals surface area contributed by atoms with Gasteiger partial charge in [0.1, 0.15) is 0 Å². The van der Waals surface area contributed by atoms with E-state index < -0.39 is 0 Å². The lowest BCUT2D eigenvalue weighted by atomic mass is 10.1. The van der Waals surface area contributed by atoms with Crippen molar-refractivity contribution in [3.05, 3.63) is 34.9 Å². The van der Waals surface area contributed by atoms with Gasteiger partial charge in [0, 0.05) is 19.2 Å². The minimum absolute atomic E-state index is 0.105. The summed E-state index contributed by atoms with van der Waals surface area (Å²) in [5, 5.41) is 3.08. The van der Waals surface area contributed by atoms with E-state index in [1.807, 2.05) is 40.1 Å². The number of nitrogens with zero attached hydrogens (tertiary/aromatic N) is 1. The molecule has 1 N–H and O–H groups in total. The molecule has 0 heterocycles. The highest BCUT2D eigenvalue weighted by atomic mass is 16.2. The molecule has 0 aromatic heterocycles. The normalized spacial score (nSPS) is 10.4. The second-order valence-corrected chi connectivity index (χ2v) is 4.56. The fourth-order valence-electron chi connectivity index (χ4n) is 1.91. The Balaban J connectivity index is 2.68. The van der Waals surface area contributed by atoms with Crippen molar-refractivity contribution in [2.75, 3.05) is 27.2 Å². The maximum absolute atomic E-state index is 12.1. The summed E-state index contributed by atoms with van der Waals surface area (Å²) in [5.41, 5.74) is 3.06. The fraction of sp³-hybridized carbons (Fsp3) is 0.500. The zero-order valence-corrected chi connectivity index (χ0v) is 11.2. The molecule has 0 aliphatic rings. The maximum atomic E-state index is 12.1. The topological polar surface area (TPSA) is 32.3 Å². The molecule has 1 aromatic rings. The molecule has 0 radical (unpaired) electrons. The first kappa shape index (κ1) is 13.7. The monoisotopic (exact) mass is 234 g/mol. The van der Waals surface area contributed by atoms with Gasteiger partial charge in [-0.25, -0.2) is 0 Å². The molecule has 0 aliphatic carbocycles. The number of rotatable bonds is 5. The number of amides is 1. The Morgan fingerprint density at radius 2 is 1.82 bits per heavy atom. The van der Waals surface area contributed by atoms with Crippen LogP contribution in [0.5, 0.6) is 0 Å². The Morgan fingerprint density at radius 3 is 2.35 bits per heavy atom. The van der Waals surface area contributed by atoms with E-state index in [9.17, 15) is 4.79 Å². The van der Waals surface area contributed by atoms with E-state index in [-0.39, 0.29) is 5.91 Å². The van der Waals surface area contributed by atoms with Crippen LogP contribution in [0.3, 0.4) is 0 Å². The summed E-state index contributed by atoms with van der Waals surface area (Å²) in [7, 11) is 3.78. The summed E-state index contributed by atoms with van der Waals surface area (Å²) in [5.74, 6) is 0.105. The molecule has 0 saturated carbocycles. The average molecular weight is 234 g/mol. The van der Waals surface area contributed by atoms with Gasteiger partial charge in [0.25, 0.3) is 5.91 Å². The molecule has 0 saturated heterocycles. The molecule has 94 valence electrons. The molecule has 0 fully saturated rings. The molecule has 0 aliphatic heterocycles. The largest absolute Gasteiger partial charge is 0.342 e. The molecule has 0 bridgehead atoms. The first-order valence-corrected chi connectivity index (χ1v) is 6.03. The first-order valence-electron chi connectivity index (χ1n) is 6.03. The third-order valence-electron chi connectivity index (χ3n) is 2.74. The number of carbonyl (C=O) groups is 1. The second kappa shape index (κ2) is 6.40. The van der Waals surface area contributed by atoms with Crippen molar-refractivity contribution in [2.24, 2.45) is 0 Å². The van der Waals surface area contributed by atoms with Crippen LogP contribution < -0.4 is 5.32 Å².